The van der Waals surface area contributed by atoms with E-state index < -0.39 is 22.8 Å². The zero-order valence-electron chi connectivity index (χ0n) is 16.1. The van der Waals surface area contributed by atoms with Crippen molar-refractivity contribution < 1.29 is 28.8 Å². The number of hydrogen-bond donors (Lipinski definition) is 1. The fraction of sp³-hybridized carbons (Fsp3) is 0.150. The topological polar surface area (TPSA) is 128 Å². The number of benzene rings is 2. The van der Waals surface area contributed by atoms with Crippen LogP contribution in [0, 0.1) is 10.1 Å². The molecule has 1 aliphatic heterocycles. The second-order valence-corrected chi connectivity index (χ2v) is 6.05. The summed E-state index contributed by atoms with van der Waals surface area (Å²) in [5.74, 6) is -1.47. The Morgan fingerprint density at radius 1 is 1.13 bits per heavy atom. The SMILES string of the molecule is CCOc1ccccc1N1C(=O)NC(=O)/C(=C/c2ccc(OC)c([N+](=O)[O-])c2)C1=O. The van der Waals surface area contributed by atoms with Crippen LogP contribution in [0.4, 0.5) is 16.2 Å². The minimum absolute atomic E-state index is 0.0315. The number of nitro groups is 1. The number of carbonyl (C=O) groups is 3. The minimum atomic E-state index is -0.921. The number of amides is 4. The van der Waals surface area contributed by atoms with E-state index in [2.05, 4.69) is 5.32 Å². The molecule has 1 aliphatic rings. The summed E-state index contributed by atoms with van der Waals surface area (Å²) in [6.45, 7) is 2.05. The number of para-hydroxylation sites is 2. The lowest BCUT2D eigenvalue weighted by Crippen LogP contribution is -2.54. The van der Waals surface area contributed by atoms with E-state index in [0.29, 0.717) is 6.61 Å². The number of imide groups is 2. The van der Waals surface area contributed by atoms with Crippen LogP contribution in [0.2, 0.25) is 0 Å². The van der Waals surface area contributed by atoms with Crippen molar-refractivity contribution in [1.29, 1.82) is 0 Å². The van der Waals surface area contributed by atoms with Crippen LogP contribution >= 0.6 is 0 Å². The first kappa shape index (κ1) is 20.5. The molecule has 2 aromatic rings. The molecule has 3 rings (SSSR count). The Labute approximate surface area is 170 Å². The van der Waals surface area contributed by atoms with E-state index in [0.717, 1.165) is 4.90 Å². The van der Waals surface area contributed by atoms with Gasteiger partial charge in [0, 0.05) is 6.07 Å². The molecule has 0 aliphatic carbocycles. The zero-order chi connectivity index (χ0) is 21.8. The molecule has 0 spiro atoms. The fourth-order valence-electron chi connectivity index (χ4n) is 2.90. The van der Waals surface area contributed by atoms with Crippen LogP contribution in [0.3, 0.4) is 0 Å². The van der Waals surface area contributed by atoms with Gasteiger partial charge >= 0.3 is 11.7 Å². The Balaban J connectivity index is 2.05. The predicted octanol–water partition coefficient (Wildman–Crippen LogP) is 2.67. The number of nitrogens with one attached hydrogen (secondary N) is 1. The number of nitrogens with zero attached hydrogens (tertiary/aromatic N) is 2. The van der Waals surface area contributed by atoms with Gasteiger partial charge in [-0.25, -0.2) is 9.69 Å². The molecule has 10 nitrogen and oxygen atoms in total. The van der Waals surface area contributed by atoms with Crippen molar-refractivity contribution in [3.63, 3.8) is 0 Å². The van der Waals surface area contributed by atoms with E-state index in [4.69, 9.17) is 9.47 Å². The fourth-order valence-corrected chi connectivity index (χ4v) is 2.90. The van der Waals surface area contributed by atoms with Gasteiger partial charge in [0.15, 0.2) is 5.75 Å². The molecular weight excluding hydrogens is 394 g/mol. The maximum absolute atomic E-state index is 13.0. The summed E-state index contributed by atoms with van der Waals surface area (Å²) in [6, 6.07) is 9.44. The maximum atomic E-state index is 13.0. The lowest BCUT2D eigenvalue weighted by molar-refractivity contribution is -0.385. The average Bonchev–Trinajstić information content (AvgIpc) is 2.72. The van der Waals surface area contributed by atoms with E-state index in [9.17, 15) is 24.5 Å². The molecule has 1 heterocycles. The van der Waals surface area contributed by atoms with Gasteiger partial charge in [-0.2, -0.15) is 0 Å². The molecule has 10 heteroatoms. The zero-order valence-corrected chi connectivity index (χ0v) is 16.1. The highest BCUT2D eigenvalue weighted by atomic mass is 16.6. The molecule has 1 N–H and O–H groups in total. The van der Waals surface area contributed by atoms with E-state index in [1.807, 2.05) is 0 Å². The molecule has 0 atom stereocenters. The molecule has 0 saturated carbocycles. The number of urea groups is 1. The highest BCUT2D eigenvalue weighted by molar-refractivity contribution is 6.39. The summed E-state index contributed by atoms with van der Waals surface area (Å²) in [6.07, 6.45) is 1.17. The summed E-state index contributed by atoms with van der Waals surface area (Å²) in [5.41, 5.74) is -0.306. The Bertz CT molecular complexity index is 1080. The van der Waals surface area contributed by atoms with Gasteiger partial charge in [-0.15, -0.1) is 0 Å². The van der Waals surface area contributed by atoms with Gasteiger partial charge in [0.25, 0.3) is 11.8 Å². The standard InChI is InChI=1S/C20H17N3O7/c1-3-30-17-7-5-4-6-14(17)22-19(25)13(18(24)21-20(22)26)10-12-8-9-16(29-2)15(11-12)23(27)28/h4-11H,3H2,1-2H3,(H,21,24,26)/b13-10-. The van der Waals surface area contributed by atoms with Gasteiger partial charge in [-0.1, -0.05) is 18.2 Å². The number of ether oxygens (including phenoxy) is 2. The third-order valence-electron chi connectivity index (χ3n) is 4.22. The normalized spacial score (nSPS) is 15.2. The van der Waals surface area contributed by atoms with Crippen molar-refractivity contribution in [2.45, 2.75) is 6.92 Å². The first-order valence-corrected chi connectivity index (χ1v) is 8.83. The summed E-state index contributed by atoms with van der Waals surface area (Å²) >= 11 is 0. The van der Waals surface area contributed by atoms with Crippen LogP contribution in [0.25, 0.3) is 6.08 Å². The molecular formula is C20H17N3O7. The number of methoxy groups -OCH3 is 1. The molecule has 0 unspecified atom stereocenters. The summed E-state index contributed by atoms with van der Waals surface area (Å²) < 4.78 is 10.4. The highest BCUT2D eigenvalue weighted by Crippen LogP contribution is 2.32. The van der Waals surface area contributed by atoms with Crippen molar-refractivity contribution in [3.05, 3.63) is 63.7 Å². The summed E-state index contributed by atoms with van der Waals surface area (Å²) in [5, 5.41) is 13.3. The van der Waals surface area contributed by atoms with Gasteiger partial charge in [0.1, 0.15) is 11.3 Å². The quantitative estimate of drug-likeness (QED) is 0.335. The van der Waals surface area contributed by atoms with Gasteiger partial charge in [0.2, 0.25) is 0 Å². The predicted molar refractivity (Wildman–Crippen MR) is 106 cm³/mol. The van der Waals surface area contributed by atoms with E-state index in [1.165, 1.54) is 37.5 Å². The van der Waals surface area contributed by atoms with Crippen molar-refractivity contribution in [2.75, 3.05) is 18.6 Å². The molecule has 1 saturated heterocycles. The number of barbiturate groups is 1. The third-order valence-corrected chi connectivity index (χ3v) is 4.22. The number of nitro benzene ring substituents is 1. The monoisotopic (exact) mass is 411 g/mol. The smallest absolute Gasteiger partial charge is 0.336 e. The first-order chi connectivity index (χ1) is 14.4. The van der Waals surface area contributed by atoms with E-state index >= 15 is 0 Å². The molecule has 154 valence electrons. The highest BCUT2D eigenvalue weighted by Gasteiger charge is 2.38. The molecule has 4 amide bonds. The Hall–Kier alpha value is -4.21. The van der Waals surface area contributed by atoms with Crippen LogP contribution in [0.5, 0.6) is 11.5 Å². The van der Waals surface area contributed by atoms with Gasteiger partial charge in [-0.3, -0.25) is 25.0 Å². The molecule has 0 bridgehead atoms. The van der Waals surface area contributed by atoms with Crippen LogP contribution in [-0.4, -0.2) is 36.5 Å². The largest absolute Gasteiger partial charge is 0.492 e. The second kappa shape index (κ2) is 8.43. The first-order valence-electron chi connectivity index (χ1n) is 8.83. The summed E-state index contributed by atoms with van der Waals surface area (Å²) in [4.78, 5) is 49.1. The van der Waals surface area contributed by atoms with Crippen molar-refractivity contribution >= 4 is 35.3 Å². The van der Waals surface area contributed by atoms with Crippen LogP contribution < -0.4 is 19.7 Å². The average molecular weight is 411 g/mol. The molecule has 0 aromatic heterocycles. The molecule has 0 radical (unpaired) electrons. The van der Waals surface area contributed by atoms with Crippen molar-refractivity contribution in [1.82, 2.24) is 5.32 Å². The number of carbonyl (C=O) groups excluding carboxylic acids is 3. The molecule has 30 heavy (non-hydrogen) atoms. The summed E-state index contributed by atoms with van der Waals surface area (Å²) in [7, 11) is 1.29. The molecule has 2 aromatic carbocycles. The van der Waals surface area contributed by atoms with Crippen LogP contribution in [0.15, 0.2) is 48.0 Å². The van der Waals surface area contributed by atoms with Crippen LogP contribution in [0.1, 0.15) is 12.5 Å². The van der Waals surface area contributed by atoms with Gasteiger partial charge < -0.3 is 9.47 Å². The number of hydrogen-bond acceptors (Lipinski definition) is 7. The lowest BCUT2D eigenvalue weighted by atomic mass is 10.1. The van der Waals surface area contributed by atoms with E-state index in [-0.39, 0.29) is 34.0 Å². The van der Waals surface area contributed by atoms with Crippen LogP contribution in [-0.2, 0) is 9.59 Å². The second-order valence-electron chi connectivity index (χ2n) is 6.05. The van der Waals surface area contributed by atoms with E-state index in [1.54, 1.807) is 25.1 Å². The maximum Gasteiger partial charge on any atom is 0.336 e. The lowest BCUT2D eigenvalue weighted by Gasteiger charge is -2.27. The van der Waals surface area contributed by atoms with Crippen molar-refractivity contribution in [2.24, 2.45) is 0 Å². The number of anilines is 1. The Morgan fingerprint density at radius 3 is 2.53 bits per heavy atom. The number of rotatable bonds is 6. The third kappa shape index (κ3) is 3.83. The Kier molecular flexibility index (Phi) is 5.77. The Morgan fingerprint density at radius 2 is 1.87 bits per heavy atom. The molecule has 1 fully saturated rings. The minimum Gasteiger partial charge on any atom is -0.492 e. The van der Waals surface area contributed by atoms with Crippen molar-refractivity contribution in [3.8, 4) is 11.5 Å². The van der Waals surface area contributed by atoms with Gasteiger partial charge in [-0.05, 0) is 36.8 Å². The van der Waals surface area contributed by atoms with Gasteiger partial charge in [0.05, 0.1) is 24.3 Å².